The van der Waals surface area contributed by atoms with Crippen LogP contribution in [0.15, 0.2) is 0 Å². The van der Waals surface area contributed by atoms with Crippen molar-refractivity contribution in [2.24, 2.45) is 11.8 Å². The summed E-state index contributed by atoms with van der Waals surface area (Å²) in [4.78, 5) is 22.3. The number of urea groups is 1. The first-order chi connectivity index (χ1) is 8.54. The first-order valence-electron chi connectivity index (χ1n) is 6.42. The maximum absolute atomic E-state index is 11.5. The first kappa shape index (κ1) is 14.8. The van der Waals surface area contributed by atoms with Crippen molar-refractivity contribution >= 4 is 12.0 Å². The van der Waals surface area contributed by atoms with Crippen LogP contribution in [-0.4, -0.2) is 41.4 Å². The third kappa shape index (κ3) is 4.52. The second-order valence-electron chi connectivity index (χ2n) is 4.93. The normalized spacial score (nSPS) is 24.6. The summed E-state index contributed by atoms with van der Waals surface area (Å²) in [5.41, 5.74) is 0. The van der Waals surface area contributed by atoms with E-state index in [1.807, 2.05) is 0 Å². The van der Waals surface area contributed by atoms with Crippen molar-refractivity contribution in [3.63, 3.8) is 0 Å². The van der Waals surface area contributed by atoms with Crippen molar-refractivity contribution in [2.75, 3.05) is 13.2 Å². The lowest BCUT2D eigenvalue weighted by Crippen LogP contribution is -2.47. The lowest BCUT2D eigenvalue weighted by atomic mass is 9.98. The van der Waals surface area contributed by atoms with Gasteiger partial charge in [0.15, 0.2) is 0 Å². The van der Waals surface area contributed by atoms with Crippen LogP contribution >= 0.6 is 0 Å². The molecular weight excluding hydrogens is 236 g/mol. The highest BCUT2D eigenvalue weighted by atomic mass is 16.4. The zero-order valence-corrected chi connectivity index (χ0v) is 10.7. The molecule has 18 heavy (non-hydrogen) atoms. The van der Waals surface area contributed by atoms with E-state index in [-0.39, 0.29) is 13.0 Å². The van der Waals surface area contributed by atoms with E-state index in [0.29, 0.717) is 18.4 Å². The van der Waals surface area contributed by atoms with Gasteiger partial charge in [0.1, 0.15) is 6.04 Å². The predicted molar refractivity (Wildman–Crippen MR) is 66.2 cm³/mol. The smallest absolute Gasteiger partial charge is 0.326 e. The summed E-state index contributed by atoms with van der Waals surface area (Å²) in [5.74, 6) is -0.0386. The van der Waals surface area contributed by atoms with E-state index < -0.39 is 18.0 Å². The van der Waals surface area contributed by atoms with E-state index in [1.165, 1.54) is 12.8 Å². The Balaban J connectivity index is 2.29. The average molecular weight is 258 g/mol. The van der Waals surface area contributed by atoms with Gasteiger partial charge in [-0.05, 0) is 18.3 Å². The van der Waals surface area contributed by atoms with Gasteiger partial charge in [0, 0.05) is 19.6 Å². The van der Waals surface area contributed by atoms with Gasteiger partial charge in [-0.2, -0.15) is 0 Å². The molecule has 0 aliphatic heterocycles. The van der Waals surface area contributed by atoms with Gasteiger partial charge in [-0.25, -0.2) is 9.59 Å². The largest absolute Gasteiger partial charge is 0.480 e. The van der Waals surface area contributed by atoms with Crippen LogP contribution in [0.3, 0.4) is 0 Å². The van der Waals surface area contributed by atoms with Crippen molar-refractivity contribution in [3.8, 4) is 0 Å². The molecule has 1 rings (SSSR count). The van der Waals surface area contributed by atoms with Gasteiger partial charge in [0.25, 0.3) is 0 Å². The minimum absolute atomic E-state index is 0.0165. The quantitative estimate of drug-likeness (QED) is 0.559. The Morgan fingerprint density at radius 2 is 2.11 bits per heavy atom. The SMILES string of the molecule is CC1CCCC1CNC(=O)N[C@@H](CCO)C(=O)O. The molecule has 2 unspecified atom stereocenters. The molecule has 0 aromatic heterocycles. The van der Waals surface area contributed by atoms with E-state index in [1.54, 1.807) is 0 Å². The number of carbonyl (C=O) groups is 2. The summed E-state index contributed by atoms with van der Waals surface area (Å²) >= 11 is 0. The predicted octanol–water partition coefficient (Wildman–Crippen LogP) is 0.557. The van der Waals surface area contributed by atoms with Crippen LogP contribution < -0.4 is 10.6 Å². The third-order valence-electron chi connectivity index (χ3n) is 3.59. The fourth-order valence-electron chi connectivity index (χ4n) is 2.35. The van der Waals surface area contributed by atoms with Gasteiger partial charge in [0.05, 0.1) is 0 Å². The number of rotatable bonds is 6. The Bertz CT molecular complexity index is 296. The van der Waals surface area contributed by atoms with Crippen molar-refractivity contribution in [3.05, 3.63) is 0 Å². The number of amides is 2. The van der Waals surface area contributed by atoms with Crippen molar-refractivity contribution < 1.29 is 19.8 Å². The Morgan fingerprint density at radius 3 is 2.61 bits per heavy atom. The highest BCUT2D eigenvalue weighted by Crippen LogP contribution is 2.30. The standard InChI is InChI=1S/C12H22N2O4/c1-8-3-2-4-9(8)7-13-12(18)14-10(5-6-15)11(16)17/h8-10,15H,2-7H2,1H3,(H,16,17)(H2,13,14,18)/t8?,9?,10-/m0/s1. The molecule has 0 spiro atoms. The molecule has 3 atom stereocenters. The number of nitrogens with one attached hydrogen (secondary N) is 2. The molecule has 1 aliphatic carbocycles. The molecule has 1 fully saturated rings. The monoisotopic (exact) mass is 258 g/mol. The highest BCUT2D eigenvalue weighted by molar-refractivity contribution is 5.82. The topological polar surface area (TPSA) is 98.7 Å². The second-order valence-corrected chi connectivity index (χ2v) is 4.93. The maximum atomic E-state index is 11.5. The fraction of sp³-hybridized carbons (Fsp3) is 0.833. The lowest BCUT2D eigenvalue weighted by molar-refractivity contribution is -0.139. The number of aliphatic hydroxyl groups is 1. The minimum atomic E-state index is -1.13. The molecule has 0 saturated heterocycles. The van der Waals surface area contributed by atoms with Crippen LogP contribution in [0.25, 0.3) is 0 Å². The van der Waals surface area contributed by atoms with Crippen LogP contribution in [0.5, 0.6) is 0 Å². The summed E-state index contributed by atoms with van der Waals surface area (Å²) < 4.78 is 0. The fourth-order valence-corrected chi connectivity index (χ4v) is 2.35. The molecule has 0 heterocycles. The third-order valence-corrected chi connectivity index (χ3v) is 3.59. The van der Waals surface area contributed by atoms with Gasteiger partial charge in [0.2, 0.25) is 0 Å². The molecule has 1 aliphatic rings. The van der Waals surface area contributed by atoms with Gasteiger partial charge in [-0.15, -0.1) is 0 Å². The number of carboxylic acid groups (broad SMARTS) is 1. The second kappa shape index (κ2) is 7.20. The molecule has 0 bridgehead atoms. The van der Waals surface area contributed by atoms with E-state index in [9.17, 15) is 9.59 Å². The molecular formula is C12H22N2O4. The molecule has 104 valence electrons. The van der Waals surface area contributed by atoms with E-state index >= 15 is 0 Å². The zero-order chi connectivity index (χ0) is 13.5. The molecule has 0 radical (unpaired) electrons. The van der Waals surface area contributed by atoms with E-state index in [0.717, 1.165) is 6.42 Å². The molecule has 2 amide bonds. The highest BCUT2D eigenvalue weighted by Gasteiger charge is 2.24. The van der Waals surface area contributed by atoms with E-state index in [2.05, 4.69) is 17.6 Å². The van der Waals surface area contributed by atoms with Gasteiger partial charge in [-0.1, -0.05) is 19.8 Å². The first-order valence-corrected chi connectivity index (χ1v) is 6.42. The molecule has 0 aromatic rings. The molecule has 4 N–H and O–H groups in total. The van der Waals surface area contributed by atoms with Gasteiger partial charge < -0.3 is 20.8 Å². The Kier molecular flexibility index (Phi) is 5.91. The number of hydrogen-bond donors (Lipinski definition) is 4. The van der Waals surface area contributed by atoms with Crippen LogP contribution in [0.1, 0.15) is 32.6 Å². The summed E-state index contributed by atoms with van der Waals surface area (Å²) in [7, 11) is 0. The van der Waals surface area contributed by atoms with Crippen molar-refractivity contribution in [1.82, 2.24) is 10.6 Å². The minimum Gasteiger partial charge on any atom is -0.480 e. The van der Waals surface area contributed by atoms with Crippen LogP contribution in [-0.2, 0) is 4.79 Å². The number of aliphatic hydroxyl groups excluding tert-OH is 1. The van der Waals surface area contributed by atoms with Crippen LogP contribution in [0, 0.1) is 11.8 Å². The summed E-state index contributed by atoms with van der Waals surface area (Å²) in [6.07, 6.45) is 3.51. The average Bonchev–Trinajstić information content (AvgIpc) is 2.71. The molecule has 0 aromatic carbocycles. The van der Waals surface area contributed by atoms with Crippen LogP contribution in [0.2, 0.25) is 0 Å². The summed E-state index contributed by atoms with van der Waals surface area (Å²) in [6, 6.07) is -1.51. The maximum Gasteiger partial charge on any atom is 0.326 e. The zero-order valence-electron chi connectivity index (χ0n) is 10.7. The Hall–Kier alpha value is -1.30. The van der Waals surface area contributed by atoms with Crippen LogP contribution in [0.4, 0.5) is 4.79 Å². The Morgan fingerprint density at radius 1 is 1.39 bits per heavy atom. The molecule has 1 saturated carbocycles. The van der Waals surface area contributed by atoms with Gasteiger partial charge in [-0.3, -0.25) is 0 Å². The van der Waals surface area contributed by atoms with Gasteiger partial charge >= 0.3 is 12.0 Å². The number of carboxylic acids is 1. The lowest BCUT2D eigenvalue weighted by Gasteiger charge is -2.18. The van der Waals surface area contributed by atoms with E-state index in [4.69, 9.17) is 10.2 Å². The number of carbonyl (C=O) groups excluding carboxylic acids is 1. The number of aliphatic carboxylic acids is 1. The van der Waals surface area contributed by atoms with Crippen molar-refractivity contribution in [2.45, 2.75) is 38.6 Å². The summed E-state index contributed by atoms with van der Waals surface area (Å²) in [6.45, 7) is 2.48. The number of hydrogen-bond acceptors (Lipinski definition) is 3. The Labute approximate surface area is 107 Å². The van der Waals surface area contributed by atoms with Crippen molar-refractivity contribution in [1.29, 1.82) is 0 Å². The summed E-state index contributed by atoms with van der Waals surface area (Å²) in [5, 5.41) is 22.6. The molecule has 6 heteroatoms. The molecule has 6 nitrogen and oxygen atoms in total.